The summed E-state index contributed by atoms with van der Waals surface area (Å²) in [5.41, 5.74) is 0. The fraction of sp³-hybridized carbons (Fsp3) is 0.600. The minimum atomic E-state index is -1.76. The second-order valence-corrected chi connectivity index (χ2v) is 3.90. The monoisotopic (exact) mass is 375 g/mol. The molecular weight excluding hydrogens is 365 g/mol. The summed E-state index contributed by atoms with van der Waals surface area (Å²) in [4.78, 5) is 20.7. The van der Waals surface area contributed by atoms with Crippen molar-refractivity contribution in [2.45, 2.75) is 18.3 Å². The molecule has 0 amide bonds. The van der Waals surface area contributed by atoms with Crippen LogP contribution in [0.2, 0.25) is 0 Å². The molecule has 1 aliphatic rings. The largest absolute Gasteiger partial charge is 1.00 e. The number of aliphatic carboxylic acids is 2. The molecule has 0 aromatic carbocycles. The van der Waals surface area contributed by atoms with Gasteiger partial charge in [0.05, 0.1) is 0 Å². The standard InChI is InChI=1S/C5H6O7.Na.3H2O.Sb/c6-1(2(7)4(9)10)3(8)5(11)12;;;;;/h1-3,6H,(H,9,10)(H,11,12);;3*1H2;/q-2;+1;;;;+2/p-1. The van der Waals surface area contributed by atoms with Crippen LogP contribution in [0.5, 0.6) is 0 Å². The van der Waals surface area contributed by atoms with E-state index in [9.17, 15) is 14.7 Å². The zero-order valence-corrected chi connectivity index (χ0v) is 13.2. The van der Waals surface area contributed by atoms with Crippen molar-refractivity contribution >= 4 is 34.4 Å². The molecule has 8 N–H and O–H groups in total. The van der Waals surface area contributed by atoms with Gasteiger partial charge in [0.25, 0.3) is 0 Å². The molecule has 0 aliphatic carbocycles. The molecule has 97 valence electrons. The molecular formula is C5H11NaO10Sb. The first-order valence-electron chi connectivity index (χ1n) is 3.17. The molecule has 1 fully saturated rings. The van der Waals surface area contributed by atoms with Crippen molar-refractivity contribution in [3.05, 3.63) is 0 Å². The number of aliphatic hydroxyl groups is 1. The number of hydrogen-bond acceptors (Lipinski definition) is 6. The fourth-order valence-electron chi connectivity index (χ4n) is 0.775. The first-order chi connectivity index (χ1) is 6.04. The Kier molecular flexibility index (Phi) is 17.8. The van der Waals surface area contributed by atoms with Crippen LogP contribution in [0.4, 0.5) is 0 Å². The van der Waals surface area contributed by atoms with Crippen LogP contribution in [0, 0.1) is 0 Å². The van der Waals surface area contributed by atoms with E-state index in [1.807, 2.05) is 0 Å². The van der Waals surface area contributed by atoms with Gasteiger partial charge in [0.2, 0.25) is 0 Å². The van der Waals surface area contributed by atoms with Gasteiger partial charge in [0.1, 0.15) is 0 Å². The SMILES string of the molecule is O.O.O.O=C([O-])C1[O][Sb][O]C(C(=O)O)C1O.[Na+]. The van der Waals surface area contributed by atoms with Crippen molar-refractivity contribution < 1.29 is 76.9 Å². The van der Waals surface area contributed by atoms with Gasteiger partial charge in [-0.2, -0.15) is 0 Å². The summed E-state index contributed by atoms with van der Waals surface area (Å²) in [5, 5.41) is 27.9. The van der Waals surface area contributed by atoms with E-state index in [2.05, 4.69) is 6.03 Å². The average molecular weight is 376 g/mol. The predicted octanol–water partition coefficient (Wildman–Crippen LogP) is -8.97. The number of carbonyl (C=O) groups excluding carboxylic acids is 1. The third-order valence-electron chi connectivity index (χ3n) is 1.41. The van der Waals surface area contributed by atoms with E-state index in [1.54, 1.807) is 0 Å². The van der Waals surface area contributed by atoms with Gasteiger partial charge in [-0.1, -0.05) is 0 Å². The molecule has 1 rings (SSSR count). The normalized spacial score (nSPS) is 26.1. The van der Waals surface area contributed by atoms with E-state index in [4.69, 9.17) is 10.2 Å². The van der Waals surface area contributed by atoms with Gasteiger partial charge in [-0.15, -0.1) is 0 Å². The molecule has 1 aliphatic heterocycles. The van der Waals surface area contributed by atoms with Crippen molar-refractivity contribution in [2.75, 3.05) is 0 Å². The van der Waals surface area contributed by atoms with E-state index in [0.717, 1.165) is 0 Å². The summed E-state index contributed by atoms with van der Waals surface area (Å²) < 4.78 is 9.20. The molecule has 3 atom stereocenters. The molecule has 0 aromatic heterocycles. The topological polar surface area (TPSA) is 211 Å². The second-order valence-electron chi connectivity index (χ2n) is 2.27. The van der Waals surface area contributed by atoms with Gasteiger partial charge in [0, 0.05) is 0 Å². The van der Waals surface area contributed by atoms with Crippen molar-refractivity contribution in [1.29, 1.82) is 0 Å². The second kappa shape index (κ2) is 11.6. The maximum Gasteiger partial charge on any atom is 1.00 e. The smallest absolute Gasteiger partial charge is 1.00 e. The summed E-state index contributed by atoms with van der Waals surface area (Å²) in [6.07, 6.45) is -4.83. The quantitative estimate of drug-likeness (QED) is 0.444. The van der Waals surface area contributed by atoms with Crippen molar-refractivity contribution in [3.63, 3.8) is 0 Å². The van der Waals surface area contributed by atoms with E-state index in [0.29, 0.717) is 0 Å². The number of aliphatic hydroxyl groups excluding tert-OH is 1. The molecule has 12 heteroatoms. The van der Waals surface area contributed by atoms with Crippen molar-refractivity contribution in [1.82, 2.24) is 0 Å². The summed E-state index contributed by atoms with van der Waals surface area (Å²) in [6.45, 7) is 0. The first kappa shape index (κ1) is 26.2. The van der Waals surface area contributed by atoms with E-state index in [1.165, 1.54) is 0 Å². The van der Waals surface area contributed by atoms with Crippen LogP contribution in [0.15, 0.2) is 0 Å². The Labute approximate surface area is 129 Å². The number of rotatable bonds is 2. The van der Waals surface area contributed by atoms with Gasteiger partial charge in [-0.3, -0.25) is 0 Å². The molecule has 0 spiro atoms. The van der Waals surface area contributed by atoms with Crippen LogP contribution in [0.25, 0.3) is 0 Å². The Balaban J connectivity index is -0.000000211. The number of carboxylic acid groups (broad SMARTS) is 2. The molecule has 0 bridgehead atoms. The van der Waals surface area contributed by atoms with Crippen LogP contribution in [0.1, 0.15) is 0 Å². The maximum atomic E-state index is 10.4. The molecule has 17 heavy (non-hydrogen) atoms. The fourth-order valence-corrected chi connectivity index (χ4v) is 2.66. The summed E-state index contributed by atoms with van der Waals surface area (Å²) in [7, 11) is 0. The first-order valence-corrected chi connectivity index (χ1v) is 5.26. The molecule has 10 nitrogen and oxygen atoms in total. The van der Waals surface area contributed by atoms with Gasteiger partial charge < -0.3 is 16.4 Å². The number of hydrogen-bond donors (Lipinski definition) is 2. The third kappa shape index (κ3) is 6.87. The van der Waals surface area contributed by atoms with Crippen LogP contribution in [-0.4, -0.2) is 79.3 Å². The minimum absolute atomic E-state index is 0. The maximum absolute atomic E-state index is 10.4. The molecule has 1 radical (unpaired) electrons. The number of carbonyl (C=O) groups is 2. The van der Waals surface area contributed by atoms with Crippen LogP contribution < -0.4 is 34.7 Å². The third-order valence-corrected chi connectivity index (χ3v) is 3.20. The predicted molar refractivity (Wildman–Crippen MR) is 45.0 cm³/mol. The summed E-state index contributed by atoms with van der Waals surface area (Å²) in [5.74, 6) is -3.03. The molecule has 3 unspecified atom stereocenters. The van der Waals surface area contributed by atoms with Crippen LogP contribution >= 0.6 is 0 Å². The Hall–Kier alpha value is 0.518. The van der Waals surface area contributed by atoms with E-state index in [-0.39, 0.29) is 46.0 Å². The van der Waals surface area contributed by atoms with Crippen LogP contribution in [-0.2, 0) is 15.6 Å². The van der Waals surface area contributed by atoms with Gasteiger partial charge >= 0.3 is 113 Å². The van der Waals surface area contributed by atoms with Crippen molar-refractivity contribution in [3.8, 4) is 0 Å². The molecule has 1 saturated heterocycles. The Morgan fingerprint density at radius 1 is 1.12 bits per heavy atom. The minimum Gasteiger partial charge on any atom is 1.00 e. The molecule has 0 saturated carbocycles. The van der Waals surface area contributed by atoms with Crippen molar-refractivity contribution in [2.24, 2.45) is 0 Å². The Morgan fingerprint density at radius 3 is 1.88 bits per heavy atom. The van der Waals surface area contributed by atoms with Crippen LogP contribution in [0.3, 0.4) is 0 Å². The molecule has 1 heterocycles. The number of carboxylic acids is 2. The van der Waals surface area contributed by atoms with Gasteiger partial charge in [-0.25, -0.2) is 0 Å². The summed E-state index contributed by atoms with van der Waals surface area (Å²) in [6, 6.07) is 0. The Bertz CT molecular complexity index is 215. The van der Waals surface area contributed by atoms with Gasteiger partial charge in [0.15, 0.2) is 0 Å². The molecule has 0 aromatic rings. The average Bonchev–Trinajstić information content (AvgIpc) is 2.03. The zero-order chi connectivity index (χ0) is 10.0. The van der Waals surface area contributed by atoms with E-state index < -0.39 is 52.7 Å². The Morgan fingerprint density at radius 2 is 1.53 bits per heavy atom. The zero-order valence-electron chi connectivity index (χ0n) is 8.61. The van der Waals surface area contributed by atoms with Gasteiger partial charge in [-0.05, 0) is 0 Å². The van der Waals surface area contributed by atoms with E-state index >= 15 is 0 Å². The summed E-state index contributed by atoms with van der Waals surface area (Å²) >= 11 is -1.76.